The molecule has 78 valence electrons. The molecular formula is C7H12N4O2S. The zero-order chi connectivity index (χ0) is 10.4. The average Bonchev–Trinajstić information content (AvgIpc) is 2.48. The molecule has 0 saturated heterocycles. The summed E-state index contributed by atoms with van der Waals surface area (Å²) in [6, 6.07) is 0. The molecule has 0 aliphatic carbocycles. The van der Waals surface area contributed by atoms with E-state index in [-0.39, 0.29) is 0 Å². The Morgan fingerprint density at radius 1 is 1.57 bits per heavy atom. The number of hydrogen-bond acceptors (Lipinski definition) is 6. The van der Waals surface area contributed by atoms with Gasteiger partial charge in [-0.2, -0.15) is 0 Å². The number of aliphatic imine (C=N–C) groups is 1. The highest BCUT2D eigenvalue weighted by atomic mass is 32.2. The Hall–Kier alpha value is -0.920. The molecule has 0 aromatic carbocycles. The van der Waals surface area contributed by atoms with Crippen LogP contribution in [0, 0.1) is 0 Å². The number of rotatable bonds is 1. The summed E-state index contributed by atoms with van der Waals surface area (Å²) in [4.78, 5) is 3.83. The van der Waals surface area contributed by atoms with Gasteiger partial charge in [0, 0.05) is 36.8 Å². The summed E-state index contributed by atoms with van der Waals surface area (Å²) in [5.41, 5.74) is 7.41. The lowest BCUT2D eigenvalue weighted by Gasteiger charge is -2.28. The number of nitrogens with two attached hydrogens (primary N) is 1. The molecule has 0 saturated carbocycles. The molecule has 1 unspecified atom stereocenters. The topological polar surface area (TPSA) is 96.6 Å². The largest absolute Gasteiger partial charge is 0.338 e. The molecular weight excluding hydrogens is 204 g/mol. The summed E-state index contributed by atoms with van der Waals surface area (Å²) < 4.78 is 22.7. The standard InChI is InChI=1S/C7H12N4O2S/c1-14(12,13)7(8)10-3-5-2-9-4-6(5)11-7/h3,9,11H,2,4,8H2,1H3. The molecule has 7 heteroatoms. The fraction of sp³-hybridized carbons (Fsp3) is 0.571. The lowest BCUT2D eigenvalue weighted by Crippen LogP contribution is -2.58. The van der Waals surface area contributed by atoms with Gasteiger partial charge in [-0.05, 0) is 0 Å². The van der Waals surface area contributed by atoms with Crippen molar-refractivity contribution in [2.24, 2.45) is 10.7 Å². The summed E-state index contributed by atoms with van der Waals surface area (Å²) in [5.74, 6) is 0. The van der Waals surface area contributed by atoms with Gasteiger partial charge in [0.05, 0.1) is 0 Å². The minimum atomic E-state index is -3.46. The van der Waals surface area contributed by atoms with Crippen LogP contribution >= 0.6 is 0 Å². The molecule has 14 heavy (non-hydrogen) atoms. The minimum Gasteiger partial charge on any atom is -0.338 e. The van der Waals surface area contributed by atoms with Crippen molar-refractivity contribution in [3.05, 3.63) is 11.3 Å². The van der Waals surface area contributed by atoms with Gasteiger partial charge in [-0.1, -0.05) is 0 Å². The van der Waals surface area contributed by atoms with Crippen LogP contribution in [0.25, 0.3) is 0 Å². The van der Waals surface area contributed by atoms with Gasteiger partial charge < -0.3 is 10.6 Å². The van der Waals surface area contributed by atoms with Gasteiger partial charge in [0.15, 0.2) is 0 Å². The van der Waals surface area contributed by atoms with Crippen molar-refractivity contribution in [3.8, 4) is 0 Å². The van der Waals surface area contributed by atoms with Crippen molar-refractivity contribution in [1.29, 1.82) is 0 Å². The van der Waals surface area contributed by atoms with Gasteiger partial charge in [-0.15, -0.1) is 0 Å². The lowest BCUT2D eigenvalue weighted by molar-refractivity contribution is 0.482. The highest BCUT2D eigenvalue weighted by molar-refractivity contribution is 7.92. The van der Waals surface area contributed by atoms with Crippen molar-refractivity contribution < 1.29 is 8.42 Å². The Kier molecular flexibility index (Phi) is 1.91. The normalized spacial score (nSPS) is 31.6. The summed E-state index contributed by atoms with van der Waals surface area (Å²) in [6.45, 7) is 1.31. The van der Waals surface area contributed by atoms with Crippen molar-refractivity contribution in [1.82, 2.24) is 10.6 Å². The Morgan fingerprint density at radius 2 is 2.29 bits per heavy atom. The van der Waals surface area contributed by atoms with E-state index in [1.165, 1.54) is 6.21 Å². The molecule has 0 bridgehead atoms. The highest BCUT2D eigenvalue weighted by Gasteiger charge is 2.39. The SMILES string of the molecule is CS(=O)(=O)C1(N)N=CC2=C(CNC2)N1. The van der Waals surface area contributed by atoms with Crippen LogP contribution in [-0.4, -0.2) is 39.1 Å². The summed E-state index contributed by atoms with van der Waals surface area (Å²) in [6.07, 6.45) is 2.58. The highest BCUT2D eigenvalue weighted by Crippen LogP contribution is 2.18. The van der Waals surface area contributed by atoms with Gasteiger partial charge in [0.2, 0.25) is 9.84 Å². The van der Waals surface area contributed by atoms with E-state index in [1.54, 1.807) is 0 Å². The first-order chi connectivity index (χ1) is 6.42. The van der Waals surface area contributed by atoms with Crippen molar-refractivity contribution in [2.45, 2.75) is 5.12 Å². The van der Waals surface area contributed by atoms with E-state index < -0.39 is 15.0 Å². The molecule has 2 rings (SSSR count). The van der Waals surface area contributed by atoms with E-state index in [1.807, 2.05) is 0 Å². The maximum atomic E-state index is 11.4. The molecule has 0 aromatic heterocycles. The molecule has 1 atom stereocenters. The fourth-order valence-corrected chi connectivity index (χ4v) is 1.95. The van der Waals surface area contributed by atoms with E-state index in [4.69, 9.17) is 5.73 Å². The van der Waals surface area contributed by atoms with Crippen molar-refractivity contribution >= 4 is 16.1 Å². The minimum absolute atomic E-state index is 0.607. The van der Waals surface area contributed by atoms with Crippen LogP contribution in [0.5, 0.6) is 0 Å². The van der Waals surface area contributed by atoms with Crippen LogP contribution in [0.1, 0.15) is 0 Å². The molecule has 2 aliphatic rings. The molecule has 0 amide bonds. The monoisotopic (exact) mass is 216 g/mol. The second kappa shape index (κ2) is 2.78. The Labute approximate surface area is 82.2 Å². The quantitative estimate of drug-likeness (QED) is 0.477. The van der Waals surface area contributed by atoms with Gasteiger partial charge in [-0.3, -0.25) is 5.73 Å². The Balaban J connectivity index is 2.36. The van der Waals surface area contributed by atoms with Crippen molar-refractivity contribution in [2.75, 3.05) is 19.3 Å². The summed E-state index contributed by atoms with van der Waals surface area (Å²) >= 11 is 0. The van der Waals surface area contributed by atoms with Gasteiger partial charge in [0.25, 0.3) is 5.12 Å². The molecule has 2 heterocycles. The third-order valence-corrected chi connectivity index (χ3v) is 3.65. The van der Waals surface area contributed by atoms with Gasteiger partial charge >= 0.3 is 0 Å². The fourth-order valence-electron chi connectivity index (χ4n) is 1.40. The number of nitrogens with one attached hydrogen (secondary N) is 2. The number of hydrogen-bond donors (Lipinski definition) is 3. The van der Waals surface area contributed by atoms with Crippen LogP contribution in [0.3, 0.4) is 0 Å². The Morgan fingerprint density at radius 3 is 2.93 bits per heavy atom. The van der Waals surface area contributed by atoms with E-state index in [2.05, 4.69) is 15.6 Å². The first-order valence-corrected chi connectivity index (χ1v) is 6.06. The van der Waals surface area contributed by atoms with Gasteiger partial charge in [-0.25, -0.2) is 13.4 Å². The van der Waals surface area contributed by atoms with Crippen LogP contribution in [-0.2, 0) is 9.84 Å². The smallest absolute Gasteiger partial charge is 0.287 e. The molecule has 0 aromatic rings. The summed E-state index contributed by atoms with van der Waals surface area (Å²) in [7, 11) is -3.46. The molecule has 2 aliphatic heterocycles. The van der Waals surface area contributed by atoms with Crippen LogP contribution < -0.4 is 16.4 Å². The maximum absolute atomic E-state index is 11.4. The first-order valence-electron chi connectivity index (χ1n) is 4.17. The predicted molar refractivity (Wildman–Crippen MR) is 53.3 cm³/mol. The third kappa shape index (κ3) is 1.33. The van der Waals surface area contributed by atoms with Crippen LogP contribution in [0.2, 0.25) is 0 Å². The number of sulfone groups is 1. The zero-order valence-corrected chi connectivity index (χ0v) is 8.56. The van der Waals surface area contributed by atoms with E-state index in [9.17, 15) is 8.42 Å². The van der Waals surface area contributed by atoms with Crippen LogP contribution in [0.4, 0.5) is 0 Å². The zero-order valence-electron chi connectivity index (χ0n) is 7.74. The molecule has 6 nitrogen and oxygen atoms in total. The lowest BCUT2D eigenvalue weighted by atomic mass is 10.2. The maximum Gasteiger partial charge on any atom is 0.287 e. The average molecular weight is 216 g/mol. The molecule has 0 spiro atoms. The number of nitrogens with zero attached hydrogens (tertiary/aromatic N) is 1. The first kappa shape index (κ1) is 9.63. The van der Waals surface area contributed by atoms with Crippen molar-refractivity contribution in [3.63, 3.8) is 0 Å². The summed E-state index contributed by atoms with van der Waals surface area (Å²) in [5, 5.41) is 4.12. The second-order valence-corrected chi connectivity index (χ2v) is 5.63. The second-order valence-electron chi connectivity index (χ2n) is 3.46. The molecule has 0 fully saturated rings. The molecule has 0 radical (unpaired) electrons. The van der Waals surface area contributed by atoms with E-state index >= 15 is 0 Å². The van der Waals surface area contributed by atoms with Crippen LogP contribution in [0.15, 0.2) is 16.3 Å². The van der Waals surface area contributed by atoms with Gasteiger partial charge in [0.1, 0.15) is 0 Å². The predicted octanol–water partition coefficient (Wildman–Crippen LogP) is -1.87. The Bertz CT molecular complexity index is 425. The van der Waals surface area contributed by atoms with E-state index in [0.717, 1.165) is 17.5 Å². The van der Waals surface area contributed by atoms with E-state index in [0.29, 0.717) is 13.1 Å². The molecule has 4 N–H and O–H groups in total. The third-order valence-electron chi connectivity index (χ3n) is 2.31.